The number of benzene rings is 1. The van der Waals surface area contributed by atoms with Gasteiger partial charge in [0.15, 0.2) is 0 Å². The number of carbonyl (C=O) groups is 2. The van der Waals surface area contributed by atoms with Crippen molar-refractivity contribution in [2.24, 2.45) is 5.92 Å². The third-order valence-electron chi connectivity index (χ3n) is 4.44. The van der Waals surface area contributed by atoms with Gasteiger partial charge in [0.05, 0.1) is 6.61 Å². The summed E-state index contributed by atoms with van der Waals surface area (Å²) in [7, 11) is 0. The van der Waals surface area contributed by atoms with Crippen LogP contribution in [-0.4, -0.2) is 42.5 Å². The van der Waals surface area contributed by atoms with Crippen molar-refractivity contribution in [2.45, 2.75) is 38.7 Å². The van der Waals surface area contributed by atoms with Crippen molar-refractivity contribution in [1.82, 2.24) is 4.90 Å². The summed E-state index contributed by atoms with van der Waals surface area (Å²) in [5, 5.41) is 2.83. The molecule has 3 rings (SSSR count). The van der Waals surface area contributed by atoms with Crippen LogP contribution in [0.5, 0.6) is 0 Å². The Balaban J connectivity index is 1.51. The average molecular weight is 316 g/mol. The van der Waals surface area contributed by atoms with E-state index in [-0.39, 0.29) is 11.8 Å². The Hall–Kier alpha value is -1.88. The van der Waals surface area contributed by atoms with E-state index in [1.807, 2.05) is 4.90 Å². The number of nitrogens with zero attached hydrogens (tertiary/aromatic N) is 1. The van der Waals surface area contributed by atoms with Gasteiger partial charge in [-0.25, -0.2) is 0 Å². The molecule has 1 N–H and O–H groups in total. The zero-order valence-corrected chi connectivity index (χ0v) is 13.6. The molecular weight excluding hydrogens is 292 g/mol. The van der Waals surface area contributed by atoms with Gasteiger partial charge >= 0.3 is 0 Å². The minimum atomic E-state index is -0.457. The number of ether oxygens (including phenoxy) is 1. The Morgan fingerprint density at radius 1 is 1.22 bits per heavy atom. The molecule has 1 aliphatic heterocycles. The van der Waals surface area contributed by atoms with Crippen molar-refractivity contribution in [3.8, 4) is 0 Å². The average Bonchev–Trinajstić information content (AvgIpc) is 3.23. The van der Waals surface area contributed by atoms with Gasteiger partial charge < -0.3 is 15.0 Å². The molecule has 0 bridgehead atoms. The Morgan fingerprint density at radius 2 is 1.87 bits per heavy atom. The molecule has 2 amide bonds. The third-order valence-corrected chi connectivity index (χ3v) is 4.44. The molecule has 1 atom stereocenters. The summed E-state index contributed by atoms with van der Waals surface area (Å²) in [4.78, 5) is 26.2. The lowest BCUT2D eigenvalue weighted by atomic mass is 10.2. The number of hydrogen-bond donors (Lipinski definition) is 1. The topological polar surface area (TPSA) is 58.6 Å². The summed E-state index contributed by atoms with van der Waals surface area (Å²) in [6.07, 6.45) is 4.13. The van der Waals surface area contributed by atoms with Gasteiger partial charge in [-0.1, -0.05) is 0 Å². The monoisotopic (exact) mass is 316 g/mol. The van der Waals surface area contributed by atoms with E-state index in [4.69, 9.17) is 4.74 Å². The van der Waals surface area contributed by atoms with Crippen molar-refractivity contribution < 1.29 is 14.3 Å². The van der Waals surface area contributed by atoms with Crippen LogP contribution >= 0.6 is 0 Å². The first-order chi connectivity index (χ1) is 11.1. The molecule has 1 saturated carbocycles. The highest BCUT2D eigenvalue weighted by molar-refractivity contribution is 5.96. The van der Waals surface area contributed by atoms with E-state index in [0.29, 0.717) is 23.8 Å². The molecule has 1 saturated heterocycles. The molecule has 23 heavy (non-hydrogen) atoms. The lowest BCUT2D eigenvalue weighted by Gasteiger charge is -2.16. The molecule has 1 heterocycles. The van der Waals surface area contributed by atoms with Crippen LogP contribution in [0.4, 0.5) is 5.69 Å². The highest BCUT2D eigenvalue weighted by Gasteiger charge is 2.24. The fourth-order valence-corrected chi connectivity index (χ4v) is 2.68. The maximum absolute atomic E-state index is 12.3. The second-order valence-corrected chi connectivity index (χ2v) is 6.48. The zero-order valence-electron chi connectivity index (χ0n) is 13.6. The molecule has 1 unspecified atom stereocenters. The van der Waals surface area contributed by atoms with Crippen LogP contribution in [0, 0.1) is 5.92 Å². The van der Waals surface area contributed by atoms with Gasteiger partial charge in [-0.05, 0) is 62.8 Å². The second kappa shape index (κ2) is 7.13. The van der Waals surface area contributed by atoms with Crippen LogP contribution in [0.25, 0.3) is 0 Å². The highest BCUT2D eigenvalue weighted by atomic mass is 16.5. The van der Waals surface area contributed by atoms with Gasteiger partial charge in [0.25, 0.3) is 11.8 Å². The SMILES string of the molecule is CC(OCC1CC1)C(=O)Nc1ccc(C(=O)N2CCCC2)cc1. The molecule has 1 aromatic carbocycles. The highest BCUT2D eigenvalue weighted by Crippen LogP contribution is 2.29. The van der Waals surface area contributed by atoms with E-state index in [9.17, 15) is 9.59 Å². The number of likely N-dealkylation sites (tertiary alicyclic amines) is 1. The maximum atomic E-state index is 12.3. The van der Waals surface area contributed by atoms with Crippen LogP contribution in [0.1, 0.15) is 43.0 Å². The molecule has 0 radical (unpaired) electrons. The van der Waals surface area contributed by atoms with Crippen LogP contribution in [0.15, 0.2) is 24.3 Å². The lowest BCUT2D eigenvalue weighted by molar-refractivity contribution is -0.126. The standard InChI is InChI=1S/C18H24N2O3/c1-13(23-12-14-4-5-14)17(21)19-16-8-6-15(7-9-16)18(22)20-10-2-3-11-20/h6-9,13-14H,2-5,10-12H2,1H3,(H,19,21). The van der Waals surface area contributed by atoms with Crippen molar-refractivity contribution in [1.29, 1.82) is 0 Å². The summed E-state index contributed by atoms with van der Waals surface area (Å²) in [5.74, 6) is 0.562. The van der Waals surface area contributed by atoms with Crippen molar-refractivity contribution in [2.75, 3.05) is 25.0 Å². The fraction of sp³-hybridized carbons (Fsp3) is 0.556. The predicted molar refractivity (Wildman–Crippen MR) is 88.3 cm³/mol. The van der Waals surface area contributed by atoms with Crippen LogP contribution in [-0.2, 0) is 9.53 Å². The number of nitrogens with one attached hydrogen (secondary N) is 1. The van der Waals surface area contributed by atoms with E-state index >= 15 is 0 Å². The molecule has 2 aliphatic rings. The van der Waals surface area contributed by atoms with Gasteiger partial charge in [-0.3, -0.25) is 9.59 Å². The van der Waals surface area contributed by atoms with Crippen LogP contribution in [0.2, 0.25) is 0 Å². The Labute approximate surface area is 137 Å². The van der Waals surface area contributed by atoms with Crippen LogP contribution in [0.3, 0.4) is 0 Å². The van der Waals surface area contributed by atoms with Crippen molar-refractivity contribution in [3.05, 3.63) is 29.8 Å². The number of hydrogen-bond acceptors (Lipinski definition) is 3. The molecule has 124 valence electrons. The fourth-order valence-electron chi connectivity index (χ4n) is 2.68. The molecule has 0 spiro atoms. The number of carbonyl (C=O) groups excluding carboxylic acids is 2. The normalized spacial score (nSPS) is 18.7. The summed E-state index contributed by atoms with van der Waals surface area (Å²) < 4.78 is 5.56. The molecule has 0 aromatic heterocycles. The van der Waals surface area contributed by atoms with Gasteiger partial charge in [0, 0.05) is 24.3 Å². The molecular formula is C18H24N2O3. The zero-order chi connectivity index (χ0) is 16.2. The summed E-state index contributed by atoms with van der Waals surface area (Å²) in [6.45, 7) is 4.11. The Kier molecular flexibility index (Phi) is 4.96. The van der Waals surface area contributed by atoms with Gasteiger partial charge in [0.2, 0.25) is 0 Å². The second-order valence-electron chi connectivity index (χ2n) is 6.48. The largest absolute Gasteiger partial charge is 0.368 e. The quantitative estimate of drug-likeness (QED) is 0.878. The van der Waals surface area contributed by atoms with E-state index in [1.54, 1.807) is 31.2 Å². The first-order valence-corrected chi connectivity index (χ1v) is 8.45. The van der Waals surface area contributed by atoms with E-state index in [2.05, 4.69) is 5.32 Å². The number of amides is 2. The minimum Gasteiger partial charge on any atom is -0.368 e. The summed E-state index contributed by atoms with van der Waals surface area (Å²) in [6, 6.07) is 7.08. The van der Waals surface area contributed by atoms with Crippen LogP contribution < -0.4 is 5.32 Å². The Morgan fingerprint density at radius 3 is 2.48 bits per heavy atom. The summed E-state index contributed by atoms with van der Waals surface area (Å²) in [5.41, 5.74) is 1.36. The van der Waals surface area contributed by atoms with Crippen molar-refractivity contribution in [3.63, 3.8) is 0 Å². The molecule has 5 heteroatoms. The summed E-state index contributed by atoms with van der Waals surface area (Å²) >= 11 is 0. The van der Waals surface area contributed by atoms with Gasteiger partial charge in [-0.2, -0.15) is 0 Å². The van der Waals surface area contributed by atoms with Crippen molar-refractivity contribution >= 4 is 17.5 Å². The predicted octanol–water partition coefficient (Wildman–Crippen LogP) is 2.68. The first-order valence-electron chi connectivity index (χ1n) is 8.45. The van der Waals surface area contributed by atoms with E-state index < -0.39 is 6.10 Å². The van der Waals surface area contributed by atoms with E-state index in [0.717, 1.165) is 25.9 Å². The Bertz CT molecular complexity index is 560. The van der Waals surface area contributed by atoms with Gasteiger partial charge in [0.1, 0.15) is 6.10 Å². The first kappa shape index (κ1) is 16.0. The maximum Gasteiger partial charge on any atom is 0.253 e. The molecule has 1 aromatic rings. The van der Waals surface area contributed by atoms with Gasteiger partial charge in [-0.15, -0.1) is 0 Å². The number of rotatable bonds is 6. The van der Waals surface area contributed by atoms with E-state index in [1.165, 1.54) is 12.8 Å². The third kappa shape index (κ3) is 4.32. The number of anilines is 1. The lowest BCUT2D eigenvalue weighted by Crippen LogP contribution is -2.29. The smallest absolute Gasteiger partial charge is 0.253 e. The molecule has 5 nitrogen and oxygen atoms in total. The molecule has 2 fully saturated rings. The minimum absolute atomic E-state index is 0.0708. The molecule has 1 aliphatic carbocycles.